The number of hydrogen-bond donors (Lipinski definition) is 1. The van der Waals surface area contributed by atoms with E-state index in [0.717, 1.165) is 12.3 Å². The molecule has 12 heteroatoms. The van der Waals surface area contributed by atoms with Crippen LogP contribution in [0.2, 0.25) is 0 Å². The molecule has 0 aliphatic rings. The summed E-state index contributed by atoms with van der Waals surface area (Å²) < 4.78 is 39.5. The summed E-state index contributed by atoms with van der Waals surface area (Å²) in [5.74, 6) is -1.59. The van der Waals surface area contributed by atoms with E-state index < -0.39 is 29.6 Å². The van der Waals surface area contributed by atoms with E-state index in [4.69, 9.17) is 5.26 Å². The molecule has 3 aromatic rings. The summed E-state index contributed by atoms with van der Waals surface area (Å²) in [5.41, 5.74) is -0.0762. The number of amides is 1. The molecule has 0 saturated carbocycles. The van der Waals surface area contributed by atoms with Gasteiger partial charge in [0.25, 0.3) is 5.91 Å². The molecule has 0 fully saturated rings. The highest BCUT2D eigenvalue weighted by Crippen LogP contribution is 2.25. The summed E-state index contributed by atoms with van der Waals surface area (Å²) in [7, 11) is 0. The summed E-state index contributed by atoms with van der Waals surface area (Å²) >= 11 is 0. The number of rotatable bonds is 4. The second kappa shape index (κ2) is 7.39. The number of nitrogens with zero attached hydrogens (tertiary/aromatic N) is 7. The zero-order valence-corrected chi connectivity index (χ0v) is 14.2. The molecule has 1 amide bonds. The molecule has 0 radical (unpaired) electrons. The first-order valence-electron chi connectivity index (χ1n) is 7.77. The molecule has 0 aliphatic carbocycles. The molecule has 0 bridgehead atoms. The van der Waals surface area contributed by atoms with Crippen molar-refractivity contribution in [2.24, 2.45) is 0 Å². The Kier molecular flexibility index (Phi) is 4.99. The first-order valence-corrected chi connectivity index (χ1v) is 7.77. The highest BCUT2D eigenvalue weighted by Gasteiger charge is 2.35. The van der Waals surface area contributed by atoms with Crippen molar-refractivity contribution in [3.05, 3.63) is 59.8 Å². The molecule has 0 spiro atoms. The monoisotopic (exact) mass is 388 g/mol. The van der Waals surface area contributed by atoms with Crippen molar-refractivity contribution >= 4 is 5.91 Å². The van der Waals surface area contributed by atoms with Crippen LogP contribution in [0.4, 0.5) is 13.2 Å². The number of nitrogens with one attached hydrogen (secondary N) is 1. The average Bonchev–Trinajstić information content (AvgIpc) is 3.17. The van der Waals surface area contributed by atoms with E-state index in [2.05, 4.69) is 30.4 Å². The van der Waals surface area contributed by atoms with Crippen molar-refractivity contribution in [3.63, 3.8) is 0 Å². The van der Waals surface area contributed by atoms with Crippen molar-refractivity contribution in [1.82, 2.24) is 35.0 Å². The largest absolute Gasteiger partial charge is 0.451 e. The van der Waals surface area contributed by atoms with Gasteiger partial charge in [0.05, 0.1) is 11.6 Å². The Balaban J connectivity index is 1.81. The van der Waals surface area contributed by atoms with Gasteiger partial charge in [-0.25, -0.2) is 19.9 Å². The SMILES string of the molecule is C[C@H](NC(=O)c1ccnc(C(F)(F)F)n1)c1ncnn1-c1ccc(C#N)cn1. The molecule has 0 aliphatic heterocycles. The number of nitriles is 1. The summed E-state index contributed by atoms with van der Waals surface area (Å²) in [6, 6.07) is 5.37. The molecule has 3 aromatic heterocycles. The van der Waals surface area contributed by atoms with Crippen LogP contribution < -0.4 is 5.32 Å². The maximum absolute atomic E-state index is 12.7. The van der Waals surface area contributed by atoms with Crippen molar-refractivity contribution in [1.29, 1.82) is 5.26 Å². The second-order valence-electron chi connectivity index (χ2n) is 5.51. The van der Waals surface area contributed by atoms with Gasteiger partial charge >= 0.3 is 6.18 Å². The molecule has 1 atom stereocenters. The predicted octanol–water partition coefficient (Wildman–Crippen LogP) is 1.83. The number of hydrogen-bond acceptors (Lipinski definition) is 7. The fourth-order valence-corrected chi connectivity index (χ4v) is 2.26. The number of halogens is 3. The quantitative estimate of drug-likeness (QED) is 0.723. The molecule has 9 nitrogen and oxygen atoms in total. The van der Waals surface area contributed by atoms with Crippen molar-refractivity contribution in [2.75, 3.05) is 0 Å². The van der Waals surface area contributed by atoms with Gasteiger partial charge in [0, 0.05) is 12.4 Å². The number of carbonyl (C=O) groups is 1. The minimum absolute atomic E-state index is 0.288. The van der Waals surface area contributed by atoms with Gasteiger partial charge in [-0.2, -0.15) is 28.2 Å². The number of aromatic nitrogens is 6. The Morgan fingerprint density at radius 3 is 2.68 bits per heavy atom. The van der Waals surface area contributed by atoms with Crippen LogP contribution in [0.15, 0.2) is 36.9 Å². The first kappa shape index (κ1) is 18.9. The maximum Gasteiger partial charge on any atom is 0.451 e. The van der Waals surface area contributed by atoms with Crippen molar-refractivity contribution in [2.45, 2.75) is 19.1 Å². The lowest BCUT2D eigenvalue weighted by molar-refractivity contribution is -0.145. The lowest BCUT2D eigenvalue weighted by Gasteiger charge is -2.14. The van der Waals surface area contributed by atoms with E-state index >= 15 is 0 Å². The van der Waals surface area contributed by atoms with Gasteiger partial charge in [-0.05, 0) is 25.1 Å². The van der Waals surface area contributed by atoms with Gasteiger partial charge in [-0.15, -0.1) is 0 Å². The molecule has 3 rings (SSSR count). The smallest absolute Gasteiger partial charge is 0.341 e. The summed E-state index contributed by atoms with van der Waals surface area (Å²) in [5, 5.41) is 15.4. The molecule has 142 valence electrons. The number of pyridine rings is 1. The fourth-order valence-electron chi connectivity index (χ4n) is 2.26. The fraction of sp³-hybridized carbons (Fsp3) is 0.188. The van der Waals surface area contributed by atoms with E-state index in [1.165, 1.54) is 23.3 Å². The molecule has 0 aromatic carbocycles. The lowest BCUT2D eigenvalue weighted by atomic mass is 10.2. The lowest BCUT2D eigenvalue weighted by Crippen LogP contribution is -2.30. The summed E-state index contributed by atoms with van der Waals surface area (Å²) in [6.45, 7) is 1.58. The van der Waals surface area contributed by atoms with E-state index in [1.807, 2.05) is 6.07 Å². The van der Waals surface area contributed by atoms with Crippen LogP contribution >= 0.6 is 0 Å². The van der Waals surface area contributed by atoms with Gasteiger partial charge in [0.1, 0.15) is 18.1 Å². The van der Waals surface area contributed by atoms with Gasteiger partial charge in [-0.1, -0.05) is 0 Å². The van der Waals surface area contributed by atoms with Gasteiger partial charge < -0.3 is 5.32 Å². The normalized spacial score (nSPS) is 12.2. The molecular weight excluding hydrogens is 377 g/mol. The van der Waals surface area contributed by atoms with E-state index in [0.29, 0.717) is 11.4 Å². The minimum atomic E-state index is -4.76. The van der Waals surface area contributed by atoms with Crippen LogP contribution in [-0.4, -0.2) is 35.6 Å². The summed E-state index contributed by atoms with van der Waals surface area (Å²) in [6.07, 6.45) is -1.31. The highest BCUT2D eigenvalue weighted by atomic mass is 19.4. The Morgan fingerprint density at radius 1 is 1.25 bits per heavy atom. The third-order valence-electron chi connectivity index (χ3n) is 3.54. The van der Waals surface area contributed by atoms with Gasteiger partial charge in [-0.3, -0.25) is 4.79 Å². The van der Waals surface area contributed by atoms with Crippen LogP contribution in [0.25, 0.3) is 5.82 Å². The third-order valence-corrected chi connectivity index (χ3v) is 3.54. The van der Waals surface area contributed by atoms with Crippen molar-refractivity contribution in [3.8, 4) is 11.9 Å². The van der Waals surface area contributed by atoms with E-state index in [9.17, 15) is 18.0 Å². The molecule has 1 N–H and O–H groups in total. The van der Waals surface area contributed by atoms with Crippen molar-refractivity contribution < 1.29 is 18.0 Å². The Morgan fingerprint density at radius 2 is 2.04 bits per heavy atom. The van der Waals surface area contributed by atoms with Gasteiger partial charge in [0.15, 0.2) is 11.6 Å². The second-order valence-corrected chi connectivity index (χ2v) is 5.51. The van der Waals surface area contributed by atoms with Crippen LogP contribution in [0, 0.1) is 11.3 Å². The van der Waals surface area contributed by atoms with Crippen LogP contribution in [0.1, 0.15) is 40.7 Å². The standard InChI is InChI=1S/C16H11F3N8O/c1-9(25-14(28)11-4-5-21-15(26-11)16(17,18)19)13-23-8-24-27(13)12-3-2-10(6-20)7-22-12/h2-5,7-9H,1H3,(H,25,28)/t9-/m0/s1. The maximum atomic E-state index is 12.7. The molecule has 28 heavy (non-hydrogen) atoms. The van der Waals surface area contributed by atoms with E-state index in [-0.39, 0.29) is 5.82 Å². The van der Waals surface area contributed by atoms with Gasteiger partial charge in [0.2, 0.25) is 5.82 Å². The zero-order chi connectivity index (χ0) is 20.3. The molecule has 0 unspecified atom stereocenters. The van der Waals surface area contributed by atoms with Crippen LogP contribution in [-0.2, 0) is 6.18 Å². The highest BCUT2D eigenvalue weighted by molar-refractivity contribution is 5.92. The number of alkyl halides is 3. The Bertz CT molecular complexity index is 1040. The topological polar surface area (TPSA) is 122 Å². The minimum Gasteiger partial charge on any atom is -0.341 e. The predicted molar refractivity (Wildman–Crippen MR) is 86.8 cm³/mol. The Labute approximate surface area is 155 Å². The Hall–Kier alpha value is -3.88. The van der Waals surface area contributed by atoms with E-state index in [1.54, 1.807) is 13.0 Å². The molecular formula is C16H11F3N8O. The zero-order valence-electron chi connectivity index (χ0n) is 14.2. The van der Waals surface area contributed by atoms with Crippen LogP contribution in [0.3, 0.4) is 0 Å². The molecule has 3 heterocycles. The number of carbonyl (C=O) groups excluding carboxylic acids is 1. The third kappa shape index (κ3) is 3.93. The first-order chi connectivity index (χ1) is 13.3. The average molecular weight is 388 g/mol. The summed E-state index contributed by atoms with van der Waals surface area (Å²) in [4.78, 5) is 26.8. The molecule has 0 saturated heterocycles. The van der Waals surface area contributed by atoms with Crippen LogP contribution in [0.5, 0.6) is 0 Å².